The fourth-order valence-corrected chi connectivity index (χ4v) is 5.05. The van der Waals surface area contributed by atoms with Crippen molar-refractivity contribution in [2.24, 2.45) is 0 Å². The molecule has 0 saturated carbocycles. The molecule has 4 rings (SSSR count). The van der Waals surface area contributed by atoms with Crippen LogP contribution in [0.5, 0.6) is 0 Å². The van der Waals surface area contributed by atoms with Crippen molar-refractivity contribution in [3.05, 3.63) is 89.5 Å². The van der Waals surface area contributed by atoms with Gasteiger partial charge in [-0.1, -0.05) is 47.5 Å². The molecule has 1 N–H and O–H groups in total. The summed E-state index contributed by atoms with van der Waals surface area (Å²) < 4.78 is 27.8. The maximum atomic E-state index is 12.7. The fraction of sp³-hybridized carbons (Fsp3) is 0.269. The van der Waals surface area contributed by atoms with Crippen molar-refractivity contribution in [2.45, 2.75) is 25.2 Å². The Kier molecular flexibility index (Phi) is 6.70. The number of rotatable bonds is 6. The molecule has 0 atom stereocenters. The highest BCUT2D eigenvalue weighted by Crippen LogP contribution is 2.22. The monoisotopic (exact) mass is 463 g/mol. The summed E-state index contributed by atoms with van der Waals surface area (Å²) in [6, 6.07) is 22.2. The zero-order valence-corrected chi connectivity index (χ0v) is 19.8. The molecule has 172 valence electrons. The van der Waals surface area contributed by atoms with Crippen LogP contribution in [0.2, 0.25) is 0 Å². The highest BCUT2D eigenvalue weighted by molar-refractivity contribution is 7.92. The van der Waals surface area contributed by atoms with Crippen molar-refractivity contribution in [1.82, 2.24) is 4.90 Å². The third-order valence-corrected chi connectivity index (χ3v) is 7.28. The maximum Gasteiger partial charge on any atom is 0.261 e. The zero-order valence-electron chi connectivity index (χ0n) is 19.0. The van der Waals surface area contributed by atoms with Crippen LogP contribution >= 0.6 is 0 Å². The molecule has 3 aromatic carbocycles. The number of hydrogen-bond donors (Lipinski definition) is 1. The smallest absolute Gasteiger partial charge is 0.261 e. The topological polar surface area (TPSA) is 69.7 Å². The normalized spacial score (nSPS) is 14.2. The summed E-state index contributed by atoms with van der Waals surface area (Å²) in [5.41, 5.74) is 4.75. The highest BCUT2D eigenvalue weighted by atomic mass is 32.2. The molecule has 0 aliphatic carbocycles. The van der Waals surface area contributed by atoms with Crippen LogP contribution in [0.4, 0.5) is 11.4 Å². The van der Waals surface area contributed by atoms with E-state index in [0.29, 0.717) is 25.2 Å². The van der Waals surface area contributed by atoms with E-state index in [9.17, 15) is 13.2 Å². The number of amides is 1. The van der Waals surface area contributed by atoms with Gasteiger partial charge in [0.05, 0.1) is 11.3 Å². The molecule has 1 saturated heterocycles. The van der Waals surface area contributed by atoms with Gasteiger partial charge >= 0.3 is 0 Å². The molecule has 0 spiro atoms. The Balaban J connectivity index is 1.33. The van der Waals surface area contributed by atoms with Gasteiger partial charge in [0.1, 0.15) is 0 Å². The van der Waals surface area contributed by atoms with Crippen LogP contribution in [0.25, 0.3) is 0 Å². The van der Waals surface area contributed by atoms with Crippen molar-refractivity contribution >= 4 is 27.3 Å². The number of carbonyl (C=O) groups excluding carboxylic acids is 1. The van der Waals surface area contributed by atoms with Gasteiger partial charge in [-0.2, -0.15) is 0 Å². The lowest BCUT2D eigenvalue weighted by atomic mass is 10.1. The quantitative estimate of drug-likeness (QED) is 0.600. The molecule has 7 heteroatoms. The predicted octanol–water partition coefficient (Wildman–Crippen LogP) is 4.00. The van der Waals surface area contributed by atoms with Gasteiger partial charge in [-0.25, -0.2) is 8.42 Å². The van der Waals surface area contributed by atoms with Crippen molar-refractivity contribution in [1.29, 1.82) is 0 Å². The summed E-state index contributed by atoms with van der Waals surface area (Å²) >= 11 is 0. The highest BCUT2D eigenvalue weighted by Gasteiger charge is 2.21. The Bertz CT molecular complexity index is 1210. The predicted molar refractivity (Wildman–Crippen MR) is 132 cm³/mol. The van der Waals surface area contributed by atoms with Crippen LogP contribution in [0, 0.1) is 13.8 Å². The van der Waals surface area contributed by atoms with E-state index in [2.05, 4.69) is 15.7 Å². The number of benzene rings is 3. The molecule has 1 aliphatic heterocycles. The molecule has 1 aliphatic rings. The Hall–Kier alpha value is -3.32. The standard InChI is InChI=1S/C26H29N3O3S/c1-20-6-12-25(13-7-20)33(31,32)27-23-8-10-24(11-9-23)28-14-16-29(17-15-28)26(30)19-22-5-3-4-21(2)18-22/h3-13,18,27H,14-17,19H2,1-2H3. The van der Waals surface area contributed by atoms with Gasteiger partial charge in [-0.05, 0) is 55.8 Å². The largest absolute Gasteiger partial charge is 0.368 e. The zero-order chi connectivity index (χ0) is 23.4. The van der Waals surface area contributed by atoms with Gasteiger partial charge in [0.25, 0.3) is 10.0 Å². The Morgan fingerprint density at radius 3 is 2.15 bits per heavy atom. The second kappa shape index (κ2) is 9.67. The van der Waals surface area contributed by atoms with E-state index in [4.69, 9.17) is 0 Å². The second-order valence-corrected chi connectivity index (χ2v) is 10.2. The van der Waals surface area contributed by atoms with Crippen molar-refractivity contribution in [2.75, 3.05) is 35.8 Å². The minimum Gasteiger partial charge on any atom is -0.368 e. The summed E-state index contributed by atoms with van der Waals surface area (Å²) in [6.07, 6.45) is 0.428. The number of anilines is 2. The number of sulfonamides is 1. The van der Waals surface area contributed by atoms with Gasteiger partial charge in [-0.3, -0.25) is 9.52 Å². The van der Waals surface area contributed by atoms with E-state index in [1.54, 1.807) is 36.4 Å². The number of nitrogens with one attached hydrogen (secondary N) is 1. The molecule has 1 amide bonds. The third kappa shape index (κ3) is 5.73. The molecule has 0 unspecified atom stereocenters. The fourth-order valence-electron chi connectivity index (χ4n) is 3.99. The number of nitrogens with zero attached hydrogens (tertiary/aromatic N) is 2. The van der Waals surface area contributed by atoms with Crippen LogP contribution in [-0.4, -0.2) is 45.4 Å². The molecule has 0 radical (unpaired) electrons. The summed E-state index contributed by atoms with van der Waals surface area (Å²) in [7, 11) is -3.62. The Morgan fingerprint density at radius 1 is 0.848 bits per heavy atom. The van der Waals surface area contributed by atoms with Gasteiger partial charge in [0, 0.05) is 37.6 Å². The lowest BCUT2D eigenvalue weighted by molar-refractivity contribution is -0.130. The SMILES string of the molecule is Cc1ccc(S(=O)(=O)Nc2ccc(N3CCN(C(=O)Cc4cccc(C)c4)CC3)cc2)cc1. The van der Waals surface area contributed by atoms with Crippen molar-refractivity contribution in [3.8, 4) is 0 Å². The molecule has 1 heterocycles. The van der Waals surface area contributed by atoms with E-state index in [1.807, 2.05) is 49.1 Å². The maximum absolute atomic E-state index is 12.7. The summed E-state index contributed by atoms with van der Waals surface area (Å²) in [5.74, 6) is 0.154. The summed E-state index contributed by atoms with van der Waals surface area (Å²) in [6.45, 7) is 6.79. The number of hydrogen-bond acceptors (Lipinski definition) is 4. The molecular weight excluding hydrogens is 434 g/mol. The second-order valence-electron chi connectivity index (χ2n) is 8.50. The van der Waals surface area contributed by atoms with Gasteiger partial charge < -0.3 is 9.80 Å². The molecule has 33 heavy (non-hydrogen) atoms. The lowest BCUT2D eigenvalue weighted by Gasteiger charge is -2.36. The minimum atomic E-state index is -3.62. The molecule has 6 nitrogen and oxygen atoms in total. The van der Waals surface area contributed by atoms with Crippen LogP contribution < -0.4 is 9.62 Å². The van der Waals surface area contributed by atoms with E-state index in [0.717, 1.165) is 35.5 Å². The number of piperazine rings is 1. The van der Waals surface area contributed by atoms with Crippen LogP contribution in [0.15, 0.2) is 77.7 Å². The summed E-state index contributed by atoms with van der Waals surface area (Å²) in [4.78, 5) is 17.1. The lowest BCUT2D eigenvalue weighted by Crippen LogP contribution is -2.49. The first-order valence-corrected chi connectivity index (χ1v) is 12.6. The first-order valence-electron chi connectivity index (χ1n) is 11.1. The van der Waals surface area contributed by atoms with Crippen LogP contribution in [0.1, 0.15) is 16.7 Å². The van der Waals surface area contributed by atoms with E-state index in [-0.39, 0.29) is 10.8 Å². The number of carbonyl (C=O) groups is 1. The average Bonchev–Trinajstić information content (AvgIpc) is 2.80. The first kappa shape index (κ1) is 22.9. The van der Waals surface area contributed by atoms with Gasteiger partial charge in [0.15, 0.2) is 0 Å². The van der Waals surface area contributed by atoms with Crippen LogP contribution in [-0.2, 0) is 21.2 Å². The molecule has 0 bridgehead atoms. The van der Waals surface area contributed by atoms with E-state index in [1.165, 1.54) is 0 Å². The third-order valence-electron chi connectivity index (χ3n) is 5.89. The first-order chi connectivity index (χ1) is 15.8. The average molecular weight is 464 g/mol. The molecular formula is C26H29N3O3S. The molecule has 1 fully saturated rings. The van der Waals surface area contributed by atoms with Gasteiger partial charge in [0.2, 0.25) is 5.91 Å². The summed E-state index contributed by atoms with van der Waals surface area (Å²) in [5, 5.41) is 0. The van der Waals surface area contributed by atoms with Crippen molar-refractivity contribution in [3.63, 3.8) is 0 Å². The van der Waals surface area contributed by atoms with E-state index >= 15 is 0 Å². The minimum absolute atomic E-state index is 0.154. The van der Waals surface area contributed by atoms with Crippen molar-refractivity contribution < 1.29 is 13.2 Å². The Morgan fingerprint density at radius 2 is 1.52 bits per heavy atom. The Labute approximate surface area is 195 Å². The van der Waals surface area contributed by atoms with E-state index < -0.39 is 10.0 Å². The van der Waals surface area contributed by atoms with Gasteiger partial charge in [-0.15, -0.1) is 0 Å². The van der Waals surface area contributed by atoms with Crippen LogP contribution in [0.3, 0.4) is 0 Å². The molecule has 0 aromatic heterocycles. The number of aryl methyl sites for hydroxylation is 2. The molecule has 3 aromatic rings.